The minimum atomic E-state index is -3.62. The number of nitrogen functional groups attached to an aromatic ring is 1. The fourth-order valence-electron chi connectivity index (χ4n) is 1.65. The summed E-state index contributed by atoms with van der Waals surface area (Å²) in [5.74, 6) is 0. The van der Waals surface area contributed by atoms with E-state index < -0.39 is 10.0 Å². The molecule has 0 aliphatic rings. The van der Waals surface area contributed by atoms with E-state index in [1.807, 2.05) is 19.1 Å². The van der Waals surface area contributed by atoms with Crippen molar-refractivity contribution < 1.29 is 8.42 Å². The smallest absolute Gasteiger partial charge is 0.243 e. The van der Waals surface area contributed by atoms with E-state index in [-0.39, 0.29) is 11.4 Å². The van der Waals surface area contributed by atoms with E-state index in [9.17, 15) is 8.42 Å². The molecule has 0 fully saturated rings. The van der Waals surface area contributed by atoms with Gasteiger partial charge >= 0.3 is 0 Å². The van der Waals surface area contributed by atoms with Crippen molar-refractivity contribution in [2.24, 2.45) is 0 Å². The van der Waals surface area contributed by atoms with Crippen LogP contribution >= 0.6 is 43.2 Å². The van der Waals surface area contributed by atoms with Crippen LogP contribution in [0, 0.1) is 6.92 Å². The van der Waals surface area contributed by atoms with Gasteiger partial charge in [-0.25, -0.2) is 13.1 Å². The van der Waals surface area contributed by atoms with Crippen molar-refractivity contribution in [3.63, 3.8) is 0 Å². The number of nitrogens with one attached hydrogen (secondary N) is 1. The Bertz CT molecular complexity index is 719. The Hall–Kier alpha value is -0.410. The van der Waals surface area contributed by atoms with Crippen molar-refractivity contribution in [2.75, 3.05) is 5.73 Å². The number of halogens is 2. The molecule has 1 aromatic carbocycles. The third kappa shape index (κ3) is 3.62. The Morgan fingerprint density at radius 2 is 1.85 bits per heavy atom. The number of rotatable bonds is 4. The van der Waals surface area contributed by atoms with Crippen LogP contribution in [0.25, 0.3) is 0 Å². The topological polar surface area (TPSA) is 72.2 Å². The van der Waals surface area contributed by atoms with E-state index in [1.54, 1.807) is 23.5 Å². The third-order valence-electron chi connectivity index (χ3n) is 2.52. The molecule has 0 radical (unpaired) electrons. The maximum Gasteiger partial charge on any atom is 0.243 e. The van der Waals surface area contributed by atoms with Gasteiger partial charge in [-0.1, -0.05) is 0 Å². The summed E-state index contributed by atoms with van der Waals surface area (Å²) in [6.07, 6.45) is 0. The molecule has 108 valence electrons. The molecule has 0 spiro atoms. The summed E-state index contributed by atoms with van der Waals surface area (Å²) in [5.41, 5.74) is 6.15. The van der Waals surface area contributed by atoms with Gasteiger partial charge in [-0.2, -0.15) is 0 Å². The van der Waals surface area contributed by atoms with Crippen LogP contribution in [-0.4, -0.2) is 8.42 Å². The first-order valence-corrected chi connectivity index (χ1v) is 9.47. The summed E-state index contributed by atoms with van der Waals surface area (Å²) in [7, 11) is -3.62. The standard InChI is InChI=1S/C12H12Br2N2O2S2/c1-7-2-3-9(19-7)6-16-20(17,18)12-10(13)4-8(15)5-11(12)14/h2-5,16H,6,15H2,1H3. The van der Waals surface area contributed by atoms with E-state index in [4.69, 9.17) is 5.73 Å². The van der Waals surface area contributed by atoms with Gasteiger partial charge in [-0.15, -0.1) is 11.3 Å². The fraction of sp³-hybridized carbons (Fsp3) is 0.167. The van der Waals surface area contributed by atoms with Gasteiger partial charge in [0.05, 0.1) is 0 Å². The zero-order chi connectivity index (χ0) is 14.9. The highest BCUT2D eigenvalue weighted by atomic mass is 79.9. The van der Waals surface area contributed by atoms with Crippen LogP contribution in [0.3, 0.4) is 0 Å². The molecule has 20 heavy (non-hydrogen) atoms. The van der Waals surface area contributed by atoms with E-state index in [2.05, 4.69) is 36.6 Å². The Morgan fingerprint density at radius 3 is 2.35 bits per heavy atom. The molecule has 1 heterocycles. The molecule has 4 nitrogen and oxygen atoms in total. The number of hydrogen-bond donors (Lipinski definition) is 2. The maximum atomic E-state index is 12.4. The van der Waals surface area contributed by atoms with Crippen LogP contribution in [0.4, 0.5) is 5.69 Å². The van der Waals surface area contributed by atoms with Gasteiger partial charge in [0, 0.05) is 30.9 Å². The first kappa shape index (κ1) is 16.0. The Morgan fingerprint density at radius 1 is 1.25 bits per heavy atom. The number of anilines is 1. The van der Waals surface area contributed by atoms with E-state index >= 15 is 0 Å². The summed E-state index contributed by atoms with van der Waals surface area (Å²) in [4.78, 5) is 2.27. The number of benzene rings is 1. The molecule has 0 aliphatic heterocycles. The molecule has 2 aromatic rings. The highest BCUT2D eigenvalue weighted by molar-refractivity contribution is 9.11. The highest BCUT2D eigenvalue weighted by Crippen LogP contribution is 2.32. The van der Waals surface area contributed by atoms with Gasteiger partial charge in [0.2, 0.25) is 10.0 Å². The zero-order valence-corrected chi connectivity index (χ0v) is 15.3. The largest absolute Gasteiger partial charge is 0.399 e. The SMILES string of the molecule is Cc1ccc(CNS(=O)(=O)c2c(Br)cc(N)cc2Br)s1. The minimum Gasteiger partial charge on any atom is -0.399 e. The maximum absolute atomic E-state index is 12.4. The molecule has 1 aromatic heterocycles. The van der Waals surface area contributed by atoms with Gasteiger partial charge in [0.1, 0.15) is 4.90 Å². The van der Waals surface area contributed by atoms with E-state index in [0.29, 0.717) is 14.6 Å². The first-order chi connectivity index (χ1) is 9.29. The summed E-state index contributed by atoms with van der Waals surface area (Å²) in [6, 6.07) is 7.00. The average Bonchev–Trinajstić information content (AvgIpc) is 2.71. The average molecular weight is 440 g/mol. The number of hydrogen-bond acceptors (Lipinski definition) is 4. The lowest BCUT2D eigenvalue weighted by atomic mass is 10.3. The van der Waals surface area contributed by atoms with Crippen LogP contribution in [0.5, 0.6) is 0 Å². The highest BCUT2D eigenvalue weighted by Gasteiger charge is 2.21. The molecule has 0 atom stereocenters. The van der Waals surface area contributed by atoms with E-state index in [1.165, 1.54) is 0 Å². The fourth-order valence-corrected chi connectivity index (χ4v) is 6.20. The number of aryl methyl sites for hydroxylation is 1. The van der Waals surface area contributed by atoms with Gasteiger partial charge < -0.3 is 5.73 Å². The van der Waals surface area contributed by atoms with Crippen molar-refractivity contribution >= 4 is 58.9 Å². The molecule has 2 rings (SSSR count). The van der Waals surface area contributed by atoms with Crippen molar-refractivity contribution in [3.05, 3.63) is 43.0 Å². The molecule has 0 amide bonds. The Kier molecular flexibility index (Phi) is 4.91. The monoisotopic (exact) mass is 438 g/mol. The minimum absolute atomic E-state index is 0.153. The predicted octanol–water partition coefficient (Wildman–Crippen LogP) is 3.64. The van der Waals surface area contributed by atoms with Crippen LogP contribution in [0.2, 0.25) is 0 Å². The molecule has 0 saturated carbocycles. The molecule has 0 unspecified atom stereocenters. The normalized spacial score (nSPS) is 11.8. The first-order valence-electron chi connectivity index (χ1n) is 5.59. The number of nitrogens with two attached hydrogens (primary N) is 1. The Balaban J connectivity index is 2.27. The van der Waals surface area contributed by atoms with Crippen molar-refractivity contribution in [1.29, 1.82) is 0 Å². The Labute approximate surface area is 138 Å². The summed E-state index contributed by atoms with van der Waals surface area (Å²) in [6.45, 7) is 2.25. The second-order valence-electron chi connectivity index (χ2n) is 4.15. The van der Waals surface area contributed by atoms with Crippen molar-refractivity contribution in [1.82, 2.24) is 4.72 Å². The van der Waals surface area contributed by atoms with Crippen LogP contribution < -0.4 is 10.5 Å². The molecule has 0 bridgehead atoms. The molecular formula is C12H12Br2N2O2S2. The van der Waals surface area contributed by atoms with E-state index in [0.717, 1.165) is 9.75 Å². The van der Waals surface area contributed by atoms with Crippen LogP contribution in [0.15, 0.2) is 38.1 Å². The molecule has 8 heteroatoms. The summed E-state index contributed by atoms with van der Waals surface area (Å²) < 4.78 is 28.2. The lowest BCUT2D eigenvalue weighted by Gasteiger charge is -2.10. The van der Waals surface area contributed by atoms with Gasteiger partial charge in [0.25, 0.3) is 0 Å². The lowest BCUT2D eigenvalue weighted by Crippen LogP contribution is -2.23. The molecule has 0 aliphatic carbocycles. The predicted molar refractivity (Wildman–Crippen MR) is 89.3 cm³/mol. The van der Waals surface area contributed by atoms with Crippen LogP contribution in [0.1, 0.15) is 9.75 Å². The van der Waals surface area contributed by atoms with Gasteiger partial charge in [0.15, 0.2) is 0 Å². The third-order valence-corrected chi connectivity index (χ3v) is 6.80. The van der Waals surface area contributed by atoms with Crippen LogP contribution in [-0.2, 0) is 16.6 Å². The number of sulfonamides is 1. The molecule has 3 N–H and O–H groups in total. The second kappa shape index (κ2) is 6.15. The molecular weight excluding hydrogens is 428 g/mol. The summed E-state index contributed by atoms with van der Waals surface area (Å²) >= 11 is 8.04. The second-order valence-corrected chi connectivity index (χ2v) is 8.94. The zero-order valence-electron chi connectivity index (χ0n) is 10.5. The summed E-state index contributed by atoms with van der Waals surface area (Å²) in [5, 5.41) is 0. The van der Waals surface area contributed by atoms with Crippen molar-refractivity contribution in [3.8, 4) is 0 Å². The van der Waals surface area contributed by atoms with Gasteiger partial charge in [-0.05, 0) is 63.0 Å². The lowest BCUT2D eigenvalue weighted by molar-refractivity contribution is 0.581. The molecule has 0 saturated heterocycles. The van der Waals surface area contributed by atoms with Crippen molar-refractivity contribution in [2.45, 2.75) is 18.4 Å². The number of thiophene rings is 1. The quantitative estimate of drug-likeness (QED) is 0.714. The van der Waals surface area contributed by atoms with Gasteiger partial charge in [-0.3, -0.25) is 0 Å².